The van der Waals surface area contributed by atoms with Crippen LogP contribution in [0.4, 0.5) is 36.3 Å². The van der Waals surface area contributed by atoms with Crippen LogP contribution in [0.5, 0.6) is 11.5 Å². The van der Waals surface area contributed by atoms with E-state index in [-0.39, 0.29) is 53.5 Å². The SMILES string of the molecule is CN1C(NC(=O)OC(C)(C)C)=N[C@](C)(c2cc(Br)ccc2F)CS1(=O)=O.CN1C(NC(=O)OC(C)(C)C)=N[C@](C)(c2cc(CO)ccc2F)CS1(=O)=O.CN1C(NC(=O)OC(C)(C)C)=N[C@](C)(c2cc(COc3cccc(F)c3)ccc2F)CS1(=O)=O.Oc1cccc(F)c1. The van der Waals surface area contributed by atoms with E-state index < -0.39 is 128 Å². The van der Waals surface area contributed by atoms with Gasteiger partial charge in [-0.15, -0.1) is 0 Å². The quantitative estimate of drug-likeness (QED) is 0.0747. The summed E-state index contributed by atoms with van der Waals surface area (Å²) >= 11 is 3.25. The van der Waals surface area contributed by atoms with E-state index in [0.717, 1.165) is 25.0 Å². The number of hydrogen-bond acceptors (Lipinski definition) is 18. The first-order valence-electron chi connectivity index (χ1n) is 28.6. The molecule has 3 aliphatic rings. The highest BCUT2D eigenvalue weighted by molar-refractivity contribution is 9.10. The van der Waals surface area contributed by atoms with Crippen LogP contribution in [-0.4, -0.2) is 140 Å². The Morgan fingerprint density at radius 1 is 0.516 bits per heavy atom. The summed E-state index contributed by atoms with van der Waals surface area (Å²) in [7, 11) is -7.93. The molecule has 24 nitrogen and oxygen atoms in total. The molecule has 0 bridgehead atoms. The van der Waals surface area contributed by atoms with Gasteiger partial charge in [0, 0.05) is 54.4 Å². The number of nitrogens with zero attached hydrogens (tertiary/aromatic N) is 6. The molecule has 5 N–H and O–H groups in total. The van der Waals surface area contributed by atoms with Gasteiger partial charge in [0.2, 0.25) is 47.9 Å². The summed E-state index contributed by atoms with van der Waals surface area (Å²) < 4.78 is 169. The number of aliphatic hydroxyl groups is 1. The second-order valence-electron chi connectivity index (χ2n) is 25.3. The number of aromatic hydroxyl groups is 1. The van der Waals surface area contributed by atoms with E-state index >= 15 is 0 Å². The minimum absolute atomic E-state index is 0.00741. The summed E-state index contributed by atoms with van der Waals surface area (Å²) in [5.74, 6) is -4.78. The number of sulfonamides is 3. The van der Waals surface area contributed by atoms with Crippen molar-refractivity contribution in [2.75, 3.05) is 38.4 Å². The van der Waals surface area contributed by atoms with Crippen LogP contribution < -0.4 is 20.7 Å². The molecule has 520 valence electrons. The molecule has 0 aliphatic carbocycles. The van der Waals surface area contributed by atoms with Gasteiger partial charge in [-0.1, -0.05) is 40.2 Å². The van der Waals surface area contributed by atoms with Gasteiger partial charge in [-0.3, -0.25) is 16.0 Å². The van der Waals surface area contributed by atoms with Crippen molar-refractivity contribution in [3.63, 3.8) is 0 Å². The molecule has 0 aromatic heterocycles. The molecule has 5 aromatic rings. The number of rotatable bonds is 7. The number of aliphatic hydroxyl groups excluding tert-OH is 1. The van der Waals surface area contributed by atoms with Crippen molar-refractivity contribution in [2.45, 2.75) is 130 Å². The van der Waals surface area contributed by atoms with Crippen molar-refractivity contribution in [1.29, 1.82) is 0 Å². The number of benzene rings is 5. The number of phenolic OH excluding ortho intramolecular Hbond substituents is 1. The third-order valence-electron chi connectivity index (χ3n) is 13.4. The van der Waals surface area contributed by atoms with Crippen molar-refractivity contribution in [3.05, 3.63) is 165 Å². The second-order valence-corrected chi connectivity index (χ2v) is 32.2. The molecule has 8 rings (SSSR count). The highest BCUT2D eigenvalue weighted by Gasteiger charge is 2.46. The topological polar surface area (TPSA) is 314 Å². The first-order valence-corrected chi connectivity index (χ1v) is 34.3. The fourth-order valence-electron chi connectivity index (χ4n) is 8.95. The lowest BCUT2D eigenvalue weighted by Gasteiger charge is -2.36. The minimum atomic E-state index is -3.95. The fourth-order valence-corrected chi connectivity index (χ4v) is 13.7. The Morgan fingerprint density at radius 3 is 1.19 bits per heavy atom. The van der Waals surface area contributed by atoms with E-state index in [4.69, 9.17) is 24.1 Å². The molecular weight excluding hydrogens is 1380 g/mol. The normalized spacial score (nSPS) is 20.4. The lowest BCUT2D eigenvalue weighted by Crippen LogP contribution is -2.54. The minimum Gasteiger partial charge on any atom is -0.508 e. The summed E-state index contributed by atoms with van der Waals surface area (Å²) in [5.41, 5.74) is -5.77. The molecule has 0 saturated heterocycles. The van der Waals surface area contributed by atoms with Crippen LogP contribution in [0.3, 0.4) is 0 Å². The summed E-state index contributed by atoms with van der Waals surface area (Å²) in [5, 5.41) is 24.9. The Kier molecular flexibility index (Phi) is 24.4. The molecule has 3 amide bonds. The van der Waals surface area contributed by atoms with Crippen molar-refractivity contribution in [2.24, 2.45) is 15.0 Å². The molecule has 3 heterocycles. The summed E-state index contributed by atoms with van der Waals surface area (Å²) in [6, 6.07) is 23.0. The van der Waals surface area contributed by atoms with Gasteiger partial charge in [-0.05, 0) is 161 Å². The molecule has 0 radical (unpaired) electrons. The van der Waals surface area contributed by atoms with Gasteiger partial charge in [0.15, 0.2) is 0 Å². The predicted octanol–water partition coefficient (Wildman–Crippen LogP) is 10.1. The maximum absolute atomic E-state index is 14.9. The summed E-state index contributed by atoms with van der Waals surface area (Å²) in [6.45, 7) is 19.1. The largest absolute Gasteiger partial charge is 0.508 e. The second kappa shape index (κ2) is 29.9. The van der Waals surface area contributed by atoms with Gasteiger partial charge in [-0.2, -0.15) is 0 Å². The van der Waals surface area contributed by atoms with Crippen LogP contribution in [0.25, 0.3) is 0 Å². The first kappa shape index (κ1) is 77.6. The van der Waals surface area contributed by atoms with Gasteiger partial charge in [0.25, 0.3) is 0 Å². The van der Waals surface area contributed by atoms with Crippen LogP contribution in [0.2, 0.25) is 0 Å². The number of hydrogen-bond donors (Lipinski definition) is 5. The Morgan fingerprint density at radius 2 is 0.853 bits per heavy atom. The van der Waals surface area contributed by atoms with Crippen LogP contribution >= 0.6 is 15.9 Å². The van der Waals surface area contributed by atoms with E-state index in [1.165, 1.54) is 127 Å². The smallest absolute Gasteiger partial charge is 0.414 e. The average molecular weight is 1460 g/mol. The van der Waals surface area contributed by atoms with Crippen LogP contribution in [0, 0.1) is 29.1 Å². The molecular formula is C62H77BrF5N9O15S3. The van der Waals surface area contributed by atoms with E-state index in [1.807, 2.05) is 0 Å². The molecule has 0 spiro atoms. The van der Waals surface area contributed by atoms with Crippen LogP contribution in [0.15, 0.2) is 123 Å². The van der Waals surface area contributed by atoms with Crippen LogP contribution in [-0.2, 0) is 74.1 Å². The lowest BCUT2D eigenvalue weighted by molar-refractivity contribution is 0.0546. The first-order chi connectivity index (χ1) is 43.5. The number of alkyl carbamates (subject to hydrolysis) is 3. The zero-order chi connectivity index (χ0) is 71.8. The number of guanidine groups is 3. The number of aliphatic imine (C=N–C) groups is 3. The summed E-state index contributed by atoms with van der Waals surface area (Å²) in [6.07, 6.45) is -2.62. The lowest BCUT2D eigenvalue weighted by atomic mass is 9.92. The van der Waals surface area contributed by atoms with Crippen molar-refractivity contribution in [1.82, 2.24) is 28.9 Å². The van der Waals surface area contributed by atoms with Crippen molar-refractivity contribution >= 4 is 82.2 Å². The van der Waals surface area contributed by atoms with E-state index in [1.54, 1.807) is 68.4 Å². The molecule has 3 atom stereocenters. The molecule has 3 aliphatic heterocycles. The Balaban J connectivity index is 0.000000245. The molecule has 0 unspecified atom stereocenters. The summed E-state index contributed by atoms with van der Waals surface area (Å²) in [4.78, 5) is 49.3. The van der Waals surface area contributed by atoms with Crippen molar-refractivity contribution in [3.8, 4) is 11.5 Å². The molecule has 0 fully saturated rings. The molecule has 0 saturated carbocycles. The highest BCUT2D eigenvalue weighted by Crippen LogP contribution is 2.38. The molecule has 5 aromatic carbocycles. The maximum atomic E-state index is 14.9. The fraction of sp³-hybridized carbons (Fsp3) is 0.419. The van der Waals surface area contributed by atoms with E-state index in [9.17, 15) is 66.7 Å². The molecule has 95 heavy (non-hydrogen) atoms. The maximum Gasteiger partial charge on any atom is 0.414 e. The third kappa shape index (κ3) is 21.9. The standard InChI is InChI=1S/C23H27F2N3O5S.C17H24FN3O5S.C16H21BrFN3O4S.C6H5FO/c1-22(2,3)33-21(29)26-20-27-23(4,14-34(30,31)28(20)5)18-11-15(9-10-19(18)25)13-32-17-8-6-7-16(24)12-17;1-16(2,3)26-15(23)19-14-20-17(4,10-27(24,25)21(14)5)12-8-11(9-22)6-7-13(12)18;1-15(2,3)25-14(22)19-13-20-16(4,9-26(23,24)21(13)5)11-8-10(17)6-7-12(11)18;7-5-2-1-3-6(8)4-5/h6-12H,13-14H2,1-5H3,(H,26,27,29);6-8,22H,9-10H2,1-5H3,(H,19,20,23);6-8H,9H2,1-5H3,(H,19,20,22);1-4,8H/t23-;17-;16-;/m000./s1. The number of carbonyl (C=O) groups is 3. The third-order valence-corrected chi connectivity index (χ3v) is 19.7. The Hall–Kier alpha value is -8.14. The number of halogens is 6. The Labute approximate surface area is 557 Å². The van der Waals surface area contributed by atoms with Gasteiger partial charge in [0.1, 0.15) is 80.6 Å². The predicted molar refractivity (Wildman–Crippen MR) is 349 cm³/mol. The Bertz CT molecular complexity index is 4120. The van der Waals surface area contributed by atoms with E-state index in [2.05, 4.69) is 46.9 Å². The van der Waals surface area contributed by atoms with Gasteiger partial charge in [0.05, 0.1) is 23.9 Å². The zero-order valence-electron chi connectivity index (χ0n) is 54.7. The van der Waals surface area contributed by atoms with Gasteiger partial charge < -0.3 is 29.2 Å². The van der Waals surface area contributed by atoms with E-state index in [0.29, 0.717) is 21.3 Å². The number of phenols is 1. The van der Waals surface area contributed by atoms with Gasteiger partial charge in [-0.25, -0.2) is 89.5 Å². The monoisotopic (exact) mass is 1460 g/mol. The highest BCUT2D eigenvalue weighted by atomic mass is 79.9. The van der Waals surface area contributed by atoms with Gasteiger partial charge >= 0.3 is 18.3 Å². The van der Waals surface area contributed by atoms with Crippen LogP contribution in [0.1, 0.15) is 111 Å². The number of amides is 3. The number of nitrogens with one attached hydrogen (secondary N) is 3. The molecule has 33 heteroatoms. The number of carbonyl (C=O) groups excluding carboxylic acids is 3. The van der Waals surface area contributed by atoms with Crippen molar-refractivity contribution < 1.29 is 90.7 Å². The zero-order valence-corrected chi connectivity index (χ0v) is 58.8. The number of ether oxygens (including phenoxy) is 4. The average Bonchev–Trinajstić information content (AvgIpc) is 0.768.